The van der Waals surface area contributed by atoms with E-state index in [4.69, 9.17) is 0 Å². The maximum absolute atomic E-state index is 12.3. The van der Waals surface area contributed by atoms with Crippen molar-refractivity contribution in [3.63, 3.8) is 0 Å². The minimum Gasteiger partial charge on any atom is -0.346 e. The average molecular weight is 324 g/mol. The molecule has 24 heavy (non-hydrogen) atoms. The van der Waals surface area contributed by atoms with Gasteiger partial charge >= 0.3 is 0 Å². The van der Waals surface area contributed by atoms with Crippen molar-refractivity contribution < 1.29 is 4.79 Å². The summed E-state index contributed by atoms with van der Waals surface area (Å²) in [6, 6.07) is 4.18. The number of aromatic nitrogens is 5. The molecule has 7 nitrogen and oxygen atoms in total. The van der Waals surface area contributed by atoms with Gasteiger partial charge in [-0.3, -0.25) is 9.48 Å². The SMILES string of the molecule is Cn1nccc1CNC(=O)c1cnc2c(c1)ncn2C1CCCC1. The number of amides is 1. The molecule has 1 amide bonds. The first-order valence-corrected chi connectivity index (χ1v) is 8.30. The van der Waals surface area contributed by atoms with E-state index >= 15 is 0 Å². The molecular formula is C17H20N6O. The van der Waals surface area contributed by atoms with Gasteiger partial charge in [-0.25, -0.2) is 9.97 Å². The first-order chi connectivity index (χ1) is 11.7. The molecule has 0 aromatic carbocycles. The standard InChI is InChI=1S/C17H20N6O/c1-22-14(6-7-21-22)10-19-17(24)12-8-15-16(18-9-12)23(11-20-15)13-4-2-3-5-13/h6-9,11,13H,2-5,10H2,1H3,(H,19,24). The number of pyridine rings is 1. The first kappa shape index (κ1) is 14.9. The van der Waals surface area contributed by atoms with Crippen molar-refractivity contribution in [1.82, 2.24) is 29.6 Å². The lowest BCUT2D eigenvalue weighted by Gasteiger charge is -2.11. The zero-order valence-electron chi connectivity index (χ0n) is 13.6. The molecule has 0 bridgehead atoms. The minimum atomic E-state index is -0.152. The molecule has 1 fully saturated rings. The minimum absolute atomic E-state index is 0.152. The van der Waals surface area contributed by atoms with Gasteiger partial charge in [-0.05, 0) is 25.0 Å². The normalized spacial score (nSPS) is 15.2. The molecule has 3 heterocycles. The fraction of sp³-hybridized carbons (Fsp3) is 0.412. The Morgan fingerprint density at radius 3 is 2.92 bits per heavy atom. The number of nitrogens with zero attached hydrogens (tertiary/aromatic N) is 5. The number of imidazole rings is 1. The number of hydrogen-bond acceptors (Lipinski definition) is 4. The van der Waals surface area contributed by atoms with Crippen LogP contribution >= 0.6 is 0 Å². The zero-order valence-corrected chi connectivity index (χ0v) is 13.6. The number of rotatable bonds is 4. The third kappa shape index (κ3) is 2.66. The predicted octanol–water partition coefficient (Wildman–Crippen LogP) is 2.21. The Labute approximate surface area is 139 Å². The fourth-order valence-corrected chi connectivity index (χ4v) is 3.34. The van der Waals surface area contributed by atoms with Crippen LogP contribution in [0.3, 0.4) is 0 Å². The molecule has 3 aromatic heterocycles. The second-order valence-electron chi connectivity index (χ2n) is 6.29. The summed E-state index contributed by atoms with van der Waals surface area (Å²) in [5, 5.41) is 6.98. The van der Waals surface area contributed by atoms with Crippen molar-refractivity contribution >= 4 is 17.1 Å². The smallest absolute Gasteiger partial charge is 0.253 e. The summed E-state index contributed by atoms with van der Waals surface area (Å²) in [5.41, 5.74) is 3.12. The van der Waals surface area contributed by atoms with E-state index in [-0.39, 0.29) is 5.91 Å². The molecule has 4 rings (SSSR count). The van der Waals surface area contributed by atoms with Crippen LogP contribution in [0.1, 0.15) is 47.8 Å². The first-order valence-electron chi connectivity index (χ1n) is 8.30. The third-order valence-corrected chi connectivity index (χ3v) is 4.75. The lowest BCUT2D eigenvalue weighted by Crippen LogP contribution is -2.24. The summed E-state index contributed by atoms with van der Waals surface area (Å²) in [4.78, 5) is 21.3. The van der Waals surface area contributed by atoms with Gasteiger partial charge in [0.15, 0.2) is 5.65 Å². The monoisotopic (exact) mass is 324 g/mol. The molecule has 0 atom stereocenters. The van der Waals surface area contributed by atoms with E-state index in [9.17, 15) is 4.79 Å². The molecule has 1 aliphatic carbocycles. The van der Waals surface area contributed by atoms with E-state index < -0.39 is 0 Å². The maximum atomic E-state index is 12.3. The molecule has 0 radical (unpaired) electrons. The van der Waals surface area contributed by atoms with Gasteiger partial charge in [0.1, 0.15) is 5.52 Å². The highest BCUT2D eigenvalue weighted by Crippen LogP contribution is 2.31. The van der Waals surface area contributed by atoms with Crippen LogP contribution in [-0.4, -0.2) is 30.2 Å². The Morgan fingerprint density at radius 2 is 2.17 bits per heavy atom. The van der Waals surface area contributed by atoms with Gasteiger partial charge in [0.05, 0.1) is 24.1 Å². The molecule has 7 heteroatoms. The molecular weight excluding hydrogens is 304 g/mol. The van der Waals surface area contributed by atoms with Crippen molar-refractivity contribution in [3.8, 4) is 0 Å². The second kappa shape index (κ2) is 6.07. The molecule has 0 aliphatic heterocycles. The summed E-state index contributed by atoms with van der Waals surface area (Å²) in [6.45, 7) is 0.434. The van der Waals surface area contributed by atoms with Gasteiger partial charge in [-0.1, -0.05) is 12.8 Å². The van der Waals surface area contributed by atoms with Crippen LogP contribution in [0.25, 0.3) is 11.2 Å². The van der Waals surface area contributed by atoms with Crippen LogP contribution < -0.4 is 5.32 Å². The third-order valence-electron chi connectivity index (χ3n) is 4.75. The lowest BCUT2D eigenvalue weighted by molar-refractivity contribution is 0.0950. The Hall–Kier alpha value is -2.70. The Morgan fingerprint density at radius 1 is 1.33 bits per heavy atom. The van der Waals surface area contributed by atoms with E-state index in [1.807, 2.05) is 25.5 Å². The Bertz CT molecular complexity index is 874. The van der Waals surface area contributed by atoms with Crippen LogP contribution in [0.5, 0.6) is 0 Å². The second-order valence-corrected chi connectivity index (χ2v) is 6.29. The molecule has 0 unspecified atom stereocenters. The van der Waals surface area contributed by atoms with Crippen LogP contribution in [0.4, 0.5) is 0 Å². The van der Waals surface area contributed by atoms with E-state index in [1.165, 1.54) is 25.7 Å². The summed E-state index contributed by atoms with van der Waals surface area (Å²) in [6.07, 6.45) is 10.1. The quantitative estimate of drug-likeness (QED) is 0.798. The number of fused-ring (bicyclic) bond motifs is 1. The largest absolute Gasteiger partial charge is 0.346 e. The summed E-state index contributed by atoms with van der Waals surface area (Å²) < 4.78 is 3.89. The van der Waals surface area contributed by atoms with Crippen molar-refractivity contribution in [2.45, 2.75) is 38.3 Å². The van der Waals surface area contributed by atoms with Crippen molar-refractivity contribution in [1.29, 1.82) is 0 Å². The molecule has 3 aromatic rings. The van der Waals surface area contributed by atoms with Gasteiger partial charge in [0, 0.05) is 25.5 Å². The van der Waals surface area contributed by atoms with Crippen LogP contribution in [0, 0.1) is 0 Å². The summed E-state index contributed by atoms with van der Waals surface area (Å²) in [5.74, 6) is -0.152. The molecule has 0 saturated heterocycles. The molecule has 1 N–H and O–H groups in total. The van der Waals surface area contributed by atoms with Crippen molar-refractivity contribution in [2.24, 2.45) is 7.05 Å². The Kier molecular flexibility index (Phi) is 3.76. The average Bonchev–Trinajstić information content (AvgIpc) is 3.32. The van der Waals surface area contributed by atoms with E-state index in [0.29, 0.717) is 18.2 Å². The number of carbonyl (C=O) groups is 1. The highest BCUT2D eigenvalue weighted by molar-refractivity contribution is 5.96. The zero-order chi connectivity index (χ0) is 16.5. The molecule has 0 spiro atoms. The highest BCUT2D eigenvalue weighted by atomic mass is 16.1. The van der Waals surface area contributed by atoms with Crippen LogP contribution in [0.2, 0.25) is 0 Å². The van der Waals surface area contributed by atoms with Crippen molar-refractivity contribution in [3.05, 3.63) is 42.1 Å². The summed E-state index contributed by atoms with van der Waals surface area (Å²) >= 11 is 0. The number of aryl methyl sites for hydroxylation is 1. The van der Waals surface area contributed by atoms with E-state index in [2.05, 4.69) is 25.0 Å². The fourth-order valence-electron chi connectivity index (χ4n) is 3.34. The lowest BCUT2D eigenvalue weighted by atomic mass is 10.2. The van der Waals surface area contributed by atoms with Gasteiger partial charge in [0.25, 0.3) is 5.91 Å². The maximum Gasteiger partial charge on any atom is 0.253 e. The van der Waals surface area contributed by atoms with Gasteiger partial charge in [-0.15, -0.1) is 0 Å². The number of carbonyl (C=O) groups excluding carboxylic acids is 1. The van der Waals surface area contributed by atoms with Gasteiger partial charge in [0.2, 0.25) is 0 Å². The summed E-state index contributed by atoms with van der Waals surface area (Å²) in [7, 11) is 1.85. The van der Waals surface area contributed by atoms with E-state index in [0.717, 1.165) is 16.9 Å². The van der Waals surface area contributed by atoms with Crippen molar-refractivity contribution in [2.75, 3.05) is 0 Å². The van der Waals surface area contributed by atoms with Crippen LogP contribution in [0.15, 0.2) is 30.9 Å². The Balaban J connectivity index is 1.52. The number of hydrogen-bond donors (Lipinski definition) is 1. The van der Waals surface area contributed by atoms with Gasteiger partial charge in [-0.2, -0.15) is 5.10 Å². The van der Waals surface area contributed by atoms with E-state index in [1.54, 1.807) is 17.1 Å². The molecule has 1 aliphatic rings. The predicted molar refractivity (Wildman–Crippen MR) is 89.4 cm³/mol. The van der Waals surface area contributed by atoms with Crippen LogP contribution in [-0.2, 0) is 13.6 Å². The highest BCUT2D eigenvalue weighted by Gasteiger charge is 2.20. The topological polar surface area (TPSA) is 77.6 Å². The molecule has 1 saturated carbocycles. The molecule has 124 valence electrons. The van der Waals surface area contributed by atoms with Gasteiger partial charge < -0.3 is 9.88 Å². The number of nitrogens with one attached hydrogen (secondary N) is 1.